The Morgan fingerprint density at radius 3 is 2.56 bits per heavy atom. The molecule has 0 spiro atoms. The van der Waals surface area contributed by atoms with Gasteiger partial charge in [-0.2, -0.15) is 0 Å². The lowest BCUT2D eigenvalue weighted by atomic mass is 10.1. The van der Waals surface area contributed by atoms with Crippen LogP contribution in [-0.4, -0.2) is 17.2 Å². The van der Waals surface area contributed by atoms with E-state index in [0.717, 1.165) is 18.3 Å². The Hall–Kier alpha value is -1.80. The second-order valence-electron chi connectivity index (χ2n) is 3.20. The molecule has 0 fully saturated rings. The molecule has 2 nitrogen and oxygen atoms in total. The van der Waals surface area contributed by atoms with Crippen LogP contribution < -0.4 is 0 Å². The number of para-hydroxylation sites is 1. The van der Waals surface area contributed by atoms with E-state index in [4.69, 9.17) is 5.11 Å². The molecule has 0 amide bonds. The van der Waals surface area contributed by atoms with Crippen molar-refractivity contribution in [3.63, 3.8) is 0 Å². The SMILES string of the molecule is C=Cc1c(/C=C\C)[nH]c2ccccc12.CO. The number of aromatic amines is 1. The molecule has 0 saturated carbocycles. The molecule has 16 heavy (non-hydrogen) atoms. The molecule has 2 N–H and O–H groups in total. The number of hydrogen-bond acceptors (Lipinski definition) is 1. The Bertz CT molecular complexity index is 494. The molecule has 84 valence electrons. The van der Waals surface area contributed by atoms with Crippen molar-refractivity contribution < 1.29 is 5.11 Å². The highest BCUT2D eigenvalue weighted by atomic mass is 16.2. The second-order valence-corrected chi connectivity index (χ2v) is 3.20. The summed E-state index contributed by atoms with van der Waals surface area (Å²) in [5.74, 6) is 0. The van der Waals surface area contributed by atoms with E-state index in [1.54, 1.807) is 0 Å². The molecule has 0 aliphatic heterocycles. The minimum absolute atomic E-state index is 1.00. The predicted molar refractivity (Wildman–Crippen MR) is 71.2 cm³/mol. The van der Waals surface area contributed by atoms with Gasteiger partial charge in [-0.05, 0) is 19.1 Å². The molecule has 0 bridgehead atoms. The van der Waals surface area contributed by atoms with Gasteiger partial charge < -0.3 is 10.1 Å². The highest BCUT2D eigenvalue weighted by Crippen LogP contribution is 2.23. The molecule has 0 unspecified atom stereocenters. The number of nitrogens with one attached hydrogen (secondary N) is 1. The minimum atomic E-state index is 1.00. The van der Waals surface area contributed by atoms with Crippen LogP contribution in [0.2, 0.25) is 0 Å². The third-order valence-electron chi connectivity index (χ3n) is 2.31. The van der Waals surface area contributed by atoms with E-state index < -0.39 is 0 Å². The van der Waals surface area contributed by atoms with E-state index in [0.29, 0.717) is 0 Å². The number of benzene rings is 1. The summed E-state index contributed by atoms with van der Waals surface area (Å²) in [4.78, 5) is 3.36. The molecule has 0 saturated heterocycles. The highest BCUT2D eigenvalue weighted by molar-refractivity contribution is 5.92. The quantitative estimate of drug-likeness (QED) is 0.790. The molecule has 0 atom stereocenters. The van der Waals surface area contributed by atoms with Crippen LogP contribution in [0.5, 0.6) is 0 Å². The van der Waals surface area contributed by atoms with Crippen LogP contribution in [0.1, 0.15) is 18.2 Å². The number of aromatic nitrogens is 1. The maximum absolute atomic E-state index is 7.00. The van der Waals surface area contributed by atoms with Crippen LogP contribution in [0.3, 0.4) is 0 Å². The van der Waals surface area contributed by atoms with Crippen molar-refractivity contribution in [2.75, 3.05) is 7.11 Å². The average molecular weight is 215 g/mol. The third kappa shape index (κ3) is 2.23. The zero-order valence-electron chi connectivity index (χ0n) is 9.70. The fourth-order valence-corrected chi connectivity index (χ4v) is 1.70. The number of aliphatic hydroxyl groups excluding tert-OH is 1. The summed E-state index contributed by atoms with van der Waals surface area (Å²) in [6, 6.07) is 8.26. The molecule has 1 aromatic carbocycles. The first-order valence-corrected chi connectivity index (χ1v) is 5.17. The van der Waals surface area contributed by atoms with Gasteiger partial charge in [-0.1, -0.05) is 36.9 Å². The molecule has 1 heterocycles. The van der Waals surface area contributed by atoms with Gasteiger partial charge in [-0.15, -0.1) is 0 Å². The minimum Gasteiger partial charge on any atom is -0.400 e. The summed E-state index contributed by atoms with van der Waals surface area (Å²) >= 11 is 0. The van der Waals surface area contributed by atoms with Crippen molar-refractivity contribution in [2.45, 2.75) is 6.92 Å². The summed E-state index contributed by atoms with van der Waals surface area (Å²) in [6.07, 6.45) is 5.99. The first-order valence-electron chi connectivity index (χ1n) is 5.17. The van der Waals surface area contributed by atoms with Crippen molar-refractivity contribution in [2.24, 2.45) is 0 Å². The normalized spacial score (nSPS) is 10.2. The monoisotopic (exact) mass is 215 g/mol. The molecular weight excluding hydrogens is 198 g/mol. The van der Waals surface area contributed by atoms with Gasteiger partial charge in [-0.3, -0.25) is 0 Å². The Morgan fingerprint density at radius 1 is 1.25 bits per heavy atom. The molecular formula is C14H17NO. The number of rotatable bonds is 2. The van der Waals surface area contributed by atoms with Crippen LogP contribution in [0.4, 0.5) is 0 Å². The van der Waals surface area contributed by atoms with Gasteiger partial charge in [0.2, 0.25) is 0 Å². The summed E-state index contributed by atoms with van der Waals surface area (Å²) in [5.41, 5.74) is 3.47. The van der Waals surface area contributed by atoms with Crippen molar-refractivity contribution >= 4 is 23.1 Å². The molecule has 2 rings (SSSR count). The smallest absolute Gasteiger partial charge is 0.0464 e. The standard InChI is InChI=1S/C13H13N.CH4O/c1-3-7-12-10(4-2)11-8-5-6-9-13(11)14-12;1-2/h3-9,14H,2H2,1H3;2H,1H3/b7-3-;. The predicted octanol–water partition coefficient (Wildman–Crippen LogP) is 3.45. The molecule has 0 aliphatic carbocycles. The lowest BCUT2D eigenvalue weighted by Crippen LogP contribution is -1.73. The first-order chi connectivity index (χ1) is 7.86. The van der Waals surface area contributed by atoms with Gasteiger partial charge in [0.1, 0.15) is 0 Å². The van der Waals surface area contributed by atoms with E-state index in [-0.39, 0.29) is 0 Å². The van der Waals surface area contributed by atoms with Gasteiger partial charge in [0.05, 0.1) is 0 Å². The lowest BCUT2D eigenvalue weighted by Gasteiger charge is -1.91. The highest BCUT2D eigenvalue weighted by Gasteiger charge is 2.04. The lowest BCUT2D eigenvalue weighted by molar-refractivity contribution is 0.399. The van der Waals surface area contributed by atoms with E-state index in [9.17, 15) is 0 Å². The van der Waals surface area contributed by atoms with E-state index in [1.807, 2.05) is 31.2 Å². The topological polar surface area (TPSA) is 36.0 Å². The Balaban J connectivity index is 0.000000606. The van der Waals surface area contributed by atoms with Gasteiger partial charge in [0.15, 0.2) is 0 Å². The Labute approximate surface area is 95.9 Å². The fraction of sp³-hybridized carbons (Fsp3) is 0.143. The average Bonchev–Trinajstić information content (AvgIpc) is 2.69. The maximum atomic E-state index is 7.00. The van der Waals surface area contributed by atoms with Gasteiger partial charge in [0, 0.05) is 29.3 Å². The number of aliphatic hydroxyl groups is 1. The zero-order chi connectivity index (χ0) is 12.0. The third-order valence-corrected chi connectivity index (χ3v) is 2.31. The van der Waals surface area contributed by atoms with Gasteiger partial charge in [-0.25, -0.2) is 0 Å². The van der Waals surface area contributed by atoms with Crippen molar-refractivity contribution in [1.29, 1.82) is 0 Å². The van der Waals surface area contributed by atoms with Crippen molar-refractivity contribution in [1.82, 2.24) is 4.98 Å². The van der Waals surface area contributed by atoms with Crippen LogP contribution in [0, 0.1) is 0 Å². The van der Waals surface area contributed by atoms with Crippen LogP contribution in [-0.2, 0) is 0 Å². The van der Waals surface area contributed by atoms with E-state index >= 15 is 0 Å². The van der Waals surface area contributed by atoms with Crippen molar-refractivity contribution in [3.05, 3.63) is 48.2 Å². The van der Waals surface area contributed by atoms with Crippen LogP contribution in [0.15, 0.2) is 36.9 Å². The number of allylic oxidation sites excluding steroid dienone is 1. The Kier molecular flexibility index (Phi) is 4.55. The molecule has 2 aromatic rings. The molecule has 2 heteroatoms. The number of fused-ring (bicyclic) bond motifs is 1. The van der Waals surface area contributed by atoms with E-state index in [2.05, 4.69) is 29.8 Å². The van der Waals surface area contributed by atoms with Crippen molar-refractivity contribution in [3.8, 4) is 0 Å². The number of hydrogen-bond donors (Lipinski definition) is 2. The zero-order valence-corrected chi connectivity index (χ0v) is 9.70. The first kappa shape index (κ1) is 12.3. The Morgan fingerprint density at radius 2 is 1.94 bits per heavy atom. The van der Waals surface area contributed by atoms with Gasteiger partial charge >= 0.3 is 0 Å². The van der Waals surface area contributed by atoms with E-state index in [1.165, 1.54) is 10.9 Å². The number of H-pyrrole nitrogens is 1. The molecule has 0 aliphatic rings. The second kappa shape index (κ2) is 5.93. The van der Waals surface area contributed by atoms with Crippen LogP contribution >= 0.6 is 0 Å². The van der Waals surface area contributed by atoms with Crippen LogP contribution in [0.25, 0.3) is 23.1 Å². The molecule has 1 aromatic heterocycles. The summed E-state index contributed by atoms with van der Waals surface area (Å²) < 4.78 is 0. The molecule has 0 radical (unpaired) electrons. The van der Waals surface area contributed by atoms with Gasteiger partial charge in [0.25, 0.3) is 0 Å². The summed E-state index contributed by atoms with van der Waals surface area (Å²) in [6.45, 7) is 5.85. The summed E-state index contributed by atoms with van der Waals surface area (Å²) in [5, 5.41) is 8.23. The summed E-state index contributed by atoms with van der Waals surface area (Å²) in [7, 11) is 1.00. The largest absolute Gasteiger partial charge is 0.400 e. The fourth-order valence-electron chi connectivity index (χ4n) is 1.70. The maximum Gasteiger partial charge on any atom is 0.0464 e.